The Morgan fingerprint density at radius 2 is 2.44 bits per heavy atom. The lowest BCUT2D eigenvalue weighted by Gasteiger charge is -2.29. The van der Waals surface area contributed by atoms with Gasteiger partial charge >= 0.3 is 10.2 Å². The first-order chi connectivity index (χ1) is 7.58. The largest absolute Gasteiger partial charge is 0.330 e. The summed E-state index contributed by atoms with van der Waals surface area (Å²) in [6, 6.07) is 0. The smallest absolute Gasteiger partial charge is 0.303 e. The number of piperidine rings is 1. The van der Waals surface area contributed by atoms with Crippen molar-refractivity contribution in [3.63, 3.8) is 0 Å². The second-order valence-corrected chi connectivity index (χ2v) is 5.82. The molecule has 1 atom stereocenters. The van der Waals surface area contributed by atoms with Crippen LogP contribution in [0.5, 0.6) is 0 Å². The Balaban J connectivity index is 2.06. The monoisotopic (exact) mass is 244 g/mol. The van der Waals surface area contributed by atoms with Gasteiger partial charge in [-0.1, -0.05) is 6.92 Å². The Hall–Kier alpha value is -1.08. The lowest BCUT2D eigenvalue weighted by Crippen LogP contribution is -2.42. The van der Waals surface area contributed by atoms with Gasteiger partial charge in [-0.25, -0.2) is 9.71 Å². The molecule has 2 rings (SSSR count). The molecule has 2 N–H and O–H groups in total. The molecular formula is C9H16N4O2S. The number of hydrogen-bond donors (Lipinski definition) is 2. The van der Waals surface area contributed by atoms with E-state index in [4.69, 9.17) is 0 Å². The number of H-pyrrole nitrogens is 1. The van der Waals surface area contributed by atoms with Gasteiger partial charge in [-0.15, -0.1) is 0 Å². The average molecular weight is 244 g/mol. The van der Waals surface area contributed by atoms with Crippen molar-refractivity contribution >= 4 is 16.2 Å². The number of hydrogen-bond acceptors (Lipinski definition) is 3. The van der Waals surface area contributed by atoms with Crippen LogP contribution in [0.3, 0.4) is 0 Å². The SMILES string of the molecule is CC1CCCN(S(=O)(=O)Nc2ncc[nH]2)C1. The van der Waals surface area contributed by atoms with Gasteiger partial charge in [-0.3, -0.25) is 0 Å². The lowest BCUT2D eigenvalue weighted by molar-refractivity contribution is 0.282. The van der Waals surface area contributed by atoms with Crippen molar-refractivity contribution in [2.45, 2.75) is 19.8 Å². The van der Waals surface area contributed by atoms with Gasteiger partial charge in [-0.05, 0) is 18.8 Å². The summed E-state index contributed by atoms with van der Waals surface area (Å²) in [7, 11) is -3.45. The van der Waals surface area contributed by atoms with E-state index in [1.807, 2.05) is 0 Å². The maximum Gasteiger partial charge on any atom is 0.303 e. The summed E-state index contributed by atoms with van der Waals surface area (Å²) >= 11 is 0. The molecule has 1 fully saturated rings. The molecule has 7 heteroatoms. The standard InChI is InChI=1S/C9H16N4O2S/c1-8-3-2-6-13(7-8)16(14,15)12-9-10-4-5-11-9/h4-5,8H,2-3,6-7H2,1H3,(H2,10,11,12). The van der Waals surface area contributed by atoms with Crippen molar-refractivity contribution in [1.29, 1.82) is 0 Å². The van der Waals surface area contributed by atoms with Crippen LogP contribution in [0.1, 0.15) is 19.8 Å². The van der Waals surface area contributed by atoms with Crippen LogP contribution in [0.25, 0.3) is 0 Å². The first kappa shape index (κ1) is 11.4. The van der Waals surface area contributed by atoms with E-state index in [1.54, 1.807) is 6.20 Å². The first-order valence-electron chi connectivity index (χ1n) is 5.35. The van der Waals surface area contributed by atoms with Crippen LogP contribution in [0.2, 0.25) is 0 Å². The first-order valence-corrected chi connectivity index (χ1v) is 6.79. The van der Waals surface area contributed by atoms with Crippen molar-refractivity contribution in [3.8, 4) is 0 Å². The maximum atomic E-state index is 12.0. The normalized spacial score (nSPS) is 23.2. The molecule has 2 heterocycles. The number of aromatic nitrogens is 2. The van der Waals surface area contributed by atoms with E-state index >= 15 is 0 Å². The predicted octanol–water partition coefficient (Wildman–Crippen LogP) is 0.798. The van der Waals surface area contributed by atoms with Crippen LogP contribution < -0.4 is 4.72 Å². The summed E-state index contributed by atoms with van der Waals surface area (Å²) in [5, 5.41) is 0. The van der Waals surface area contributed by atoms with Gasteiger partial charge < -0.3 is 4.98 Å². The van der Waals surface area contributed by atoms with Crippen molar-refractivity contribution in [2.24, 2.45) is 5.92 Å². The quantitative estimate of drug-likeness (QED) is 0.825. The molecule has 1 aliphatic rings. The Kier molecular flexibility index (Phi) is 3.15. The van der Waals surface area contributed by atoms with Gasteiger partial charge in [0.2, 0.25) is 5.95 Å². The third kappa shape index (κ3) is 2.53. The third-order valence-electron chi connectivity index (χ3n) is 2.68. The second kappa shape index (κ2) is 4.42. The number of rotatable bonds is 3. The summed E-state index contributed by atoms with van der Waals surface area (Å²) < 4.78 is 27.8. The van der Waals surface area contributed by atoms with Crippen LogP contribution in [-0.2, 0) is 10.2 Å². The highest BCUT2D eigenvalue weighted by atomic mass is 32.2. The molecule has 1 aromatic rings. The molecule has 1 unspecified atom stereocenters. The van der Waals surface area contributed by atoms with Crippen molar-refractivity contribution in [2.75, 3.05) is 17.8 Å². The number of aromatic amines is 1. The van der Waals surface area contributed by atoms with E-state index in [-0.39, 0.29) is 5.95 Å². The molecular weight excluding hydrogens is 228 g/mol. The van der Waals surface area contributed by atoms with E-state index in [9.17, 15) is 8.42 Å². The second-order valence-electron chi connectivity index (χ2n) is 4.15. The summed E-state index contributed by atoms with van der Waals surface area (Å²) in [4.78, 5) is 6.56. The number of nitrogens with one attached hydrogen (secondary N) is 2. The summed E-state index contributed by atoms with van der Waals surface area (Å²) in [5.41, 5.74) is 0. The van der Waals surface area contributed by atoms with Gasteiger partial charge in [0, 0.05) is 25.5 Å². The zero-order valence-electron chi connectivity index (χ0n) is 9.18. The molecule has 16 heavy (non-hydrogen) atoms. The molecule has 0 aliphatic carbocycles. The predicted molar refractivity (Wildman–Crippen MR) is 61.1 cm³/mol. The van der Waals surface area contributed by atoms with Gasteiger partial charge in [0.25, 0.3) is 0 Å². The summed E-state index contributed by atoms with van der Waals surface area (Å²) in [5.74, 6) is 0.681. The minimum absolute atomic E-state index is 0.262. The fourth-order valence-electron chi connectivity index (χ4n) is 1.87. The molecule has 6 nitrogen and oxygen atoms in total. The molecule has 0 bridgehead atoms. The topological polar surface area (TPSA) is 78.1 Å². The van der Waals surface area contributed by atoms with E-state index in [0.29, 0.717) is 19.0 Å². The number of anilines is 1. The average Bonchev–Trinajstić information content (AvgIpc) is 2.70. The van der Waals surface area contributed by atoms with E-state index in [2.05, 4.69) is 21.6 Å². The third-order valence-corrected chi connectivity index (χ3v) is 4.15. The molecule has 1 aromatic heterocycles. The lowest BCUT2D eigenvalue weighted by atomic mass is 10.0. The zero-order valence-corrected chi connectivity index (χ0v) is 10.00. The Bertz CT molecular complexity index is 428. The molecule has 1 saturated heterocycles. The van der Waals surface area contributed by atoms with Crippen LogP contribution in [-0.4, -0.2) is 35.8 Å². The minimum atomic E-state index is -3.45. The number of imidazole rings is 1. The van der Waals surface area contributed by atoms with Crippen LogP contribution in [0.4, 0.5) is 5.95 Å². The molecule has 0 aromatic carbocycles. The number of nitrogens with zero attached hydrogens (tertiary/aromatic N) is 2. The molecule has 0 spiro atoms. The van der Waals surface area contributed by atoms with Crippen LogP contribution in [0.15, 0.2) is 12.4 Å². The Labute approximate surface area is 95.2 Å². The van der Waals surface area contributed by atoms with Crippen LogP contribution >= 0.6 is 0 Å². The molecule has 0 amide bonds. The van der Waals surface area contributed by atoms with Gasteiger partial charge in [0.1, 0.15) is 0 Å². The van der Waals surface area contributed by atoms with Crippen LogP contribution in [0, 0.1) is 5.92 Å². The minimum Gasteiger partial charge on any atom is -0.330 e. The van der Waals surface area contributed by atoms with Crippen molar-refractivity contribution in [1.82, 2.24) is 14.3 Å². The van der Waals surface area contributed by atoms with Gasteiger partial charge in [0.05, 0.1) is 0 Å². The van der Waals surface area contributed by atoms with Gasteiger partial charge in [0.15, 0.2) is 0 Å². The van der Waals surface area contributed by atoms with Crippen molar-refractivity contribution < 1.29 is 8.42 Å². The Morgan fingerprint density at radius 1 is 1.62 bits per heavy atom. The van der Waals surface area contributed by atoms with Crippen molar-refractivity contribution in [3.05, 3.63) is 12.4 Å². The highest BCUT2D eigenvalue weighted by Gasteiger charge is 2.27. The fourth-order valence-corrected chi connectivity index (χ4v) is 3.18. The van der Waals surface area contributed by atoms with E-state index < -0.39 is 10.2 Å². The zero-order chi connectivity index (χ0) is 11.6. The van der Waals surface area contributed by atoms with E-state index in [1.165, 1.54) is 10.5 Å². The highest BCUT2D eigenvalue weighted by Crippen LogP contribution is 2.18. The Morgan fingerprint density at radius 3 is 3.06 bits per heavy atom. The van der Waals surface area contributed by atoms with E-state index in [0.717, 1.165) is 12.8 Å². The summed E-state index contributed by atoms with van der Waals surface area (Å²) in [6.07, 6.45) is 5.10. The molecule has 0 saturated carbocycles. The maximum absolute atomic E-state index is 12.0. The fraction of sp³-hybridized carbons (Fsp3) is 0.667. The molecule has 0 radical (unpaired) electrons. The molecule has 1 aliphatic heterocycles. The highest BCUT2D eigenvalue weighted by molar-refractivity contribution is 7.90. The molecule has 90 valence electrons. The summed E-state index contributed by atoms with van der Waals surface area (Å²) in [6.45, 7) is 3.23. The van der Waals surface area contributed by atoms with Gasteiger partial charge in [-0.2, -0.15) is 12.7 Å².